The number of aromatic nitrogens is 3. The molecule has 2 aliphatic heterocycles. The molecule has 3 aromatic rings. The Morgan fingerprint density at radius 2 is 2.03 bits per heavy atom. The Morgan fingerprint density at radius 3 is 2.82 bits per heavy atom. The molecule has 5 rings (SSSR count). The molecule has 13 heteroatoms. The first-order valence-electron chi connectivity index (χ1n) is 10.5. The number of aromatic amines is 1. The predicted octanol–water partition coefficient (Wildman–Crippen LogP) is 2.45. The van der Waals surface area contributed by atoms with Gasteiger partial charge in [0.25, 0.3) is 5.92 Å². The maximum Gasteiger partial charge on any atom is 0.323 e. The van der Waals surface area contributed by atoms with Crippen molar-refractivity contribution in [2.24, 2.45) is 0 Å². The molecule has 0 unspecified atom stereocenters. The van der Waals surface area contributed by atoms with Gasteiger partial charge in [-0.2, -0.15) is 5.10 Å². The molecule has 0 spiro atoms. The van der Waals surface area contributed by atoms with E-state index in [4.69, 9.17) is 4.74 Å². The first-order valence-corrected chi connectivity index (χ1v) is 10.5. The van der Waals surface area contributed by atoms with E-state index in [1.54, 1.807) is 18.2 Å². The van der Waals surface area contributed by atoms with Gasteiger partial charge in [0, 0.05) is 24.2 Å². The molecule has 1 saturated heterocycles. The van der Waals surface area contributed by atoms with Gasteiger partial charge in [-0.15, -0.1) is 0 Å². The SMILES string of the molecule is O=C(Nc1cc2[nH]nc(NC(=O)N3CC(F)(F)C3)c2cn1)N[C@H]1c2ccccc2OCC[C@@H]1O. The zero-order valence-corrected chi connectivity index (χ0v) is 17.7. The van der Waals surface area contributed by atoms with Crippen molar-refractivity contribution in [1.29, 1.82) is 0 Å². The molecule has 4 heterocycles. The average molecular weight is 473 g/mol. The lowest BCUT2D eigenvalue weighted by Crippen LogP contribution is -2.59. The first kappa shape index (κ1) is 21.8. The summed E-state index contributed by atoms with van der Waals surface area (Å²) in [6.07, 6.45) is 0.898. The molecule has 2 atom stereocenters. The molecular weight excluding hydrogens is 452 g/mol. The number of nitrogens with one attached hydrogen (secondary N) is 4. The molecule has 0 saturated carbocycles. The van der Waals surface area contributed by atoms with Crippen LogP contribution in [0.3, 0.4) is 0 Å². The van der Waals surface area contributed by atoms with E-state index >= 15 is 0 Å². The maximum absolute atomic E-state index is 13.0. The molecule has 178 valence electrons. The number of fused-ring (bicyclic) bond motifs is 2. The number of urea groups is 2. The second kappa shape index (κ2) is 8.41. The topological polar surface area (TPSA) is 144 Å². The van der Waals surface area contributed by atoms with Crippen LogP contribution in [0.5, 0.6) is 5.75 Å². The van der Waals surface area contributed by atoms with Gasteiger partial charge in [0.1, 0.15) is 11.6 Å². The minimum atomic E-state index is -2.87. The van der Waals surface area contributed by atoms with E-state index in [-0.39, 0.29) is 11.6 Å². The molecular formula is C21H21F2N7O4. The largest absolute Gasteiger partial charge is 0.493 e. The highest BCUT2D eigenvalue weighted by Gasteiger charge is 2.46. The summed E-state index contributed by atoms with van der Waals surface area (Å²) < 4.78 is 31.6. The first-order chi connectivity index (χ1) is 16.3. The number of amides is 4. The summed E-state index contributed by atoms with van der Waals surface area (Å²) in [5.41, 5.74) is 1.13. The highest BCUT2D eigenvalue weighted by atomic mass is 19.3. The number of aliphatic hydroxyl groups excluding tert-OH is 1. The number of carbonyl (C=O) groups is 2. The number of pyridine rings is 1. The molecule has 2 aromatic heterocycles. The number of hydrogen-bond donors (Lipinski definition) is 5. The molecule has 0 aliphatic carbocycles. The van der Waals surface area contributed by atoms with Crippen molar-refractivity contribution < 1.29 is 28.2 Å². The fraction of sp³-hybridized carbons (Fsp3) is 0.333. The van der Waals surface area contributed by atoms with Crippen LogP contribution in [0.1, 0.15) is 18.0 Å². The molecule has 4 amide bonds. The smallest absolute Gasteiger partial charge is 0.323 e. The number of H-pyrrole nitrogens is 1. The van der Waals surface area contributed by atoms with Gasteiger partial charge in [0.2, 0.25) is 0 Å². The summed E-state index contributed by atoms with van der Waals surface area (Å²) >= 11 is 0. The van der Waals surface area contributed by atoms with Crippen LogP contribution < -0.4 is 20.7 Å². The highest BCUT2D eigenvalue weighted by Crippen LogP contribution is 2.32. The fourth-order valence-electron chi connectivity index (χ4n) is 3.91. The molecule has 11 nitrogen and oxygen atoms in total. The number of aliphatic hydroxyl groups is 1. The third kappa shape index (κ3) is 4.29. The van der Waals surface area contributed by atoms with Crippen LogP contribution in [-0.2, 0) is 0 Å². The minimum absolute atomic E-state index is 0.136. The second-order valence-electron chi connectivity index (χ2n) is 8.15. The summed E-state index contributed by atoms with van der Waals surface area (Å²) in [6.45, 7) is -0.959. The third-order valence-corrected chi connectivity index (χ3v) is 5.64. The van der Waals surface area contributed by atoms with E-state index in [0.29, 0.717) is 35.2 Å². The zero-order chi connectivity index (χ0) is 23.9. The van der Waals surface area contributed by atoms with Crippen LogP contribution >= 0.6 is 0 Å². The minimum Gasteiger partial charge on any atom is -0.493 e. The maximum atomic E-state index is 13.0. The van der Waals surface area contributed by atoms with E-state index in [1.807, 2.05) is 6.07 Å². The Labute approximate surface area is 191 Å². The van der Waals surface area contributed by atoms with Crippen LogP contribution in [0.4, 0.5) is 30.0 Å². The third-order valence-electron chi connectivity index (χ3n) is 5.64. The van der Waals surface area contributed by atoms with Gasteiger partial charge in [-0.1, -0.05) is 18.2 Å². The molecule has 2 aliphatic rings. The molecule has 34 heavy (non-hydrogen) atoms. The van der Waals surface area contributed by atoms with Crippen LogP contribution in [0, 0.1) is 0 Å². The number of alkyl halides is 2. The van der Waals surface area contributed by atoms with Crippen molar-refractivity contribution in [2.75, 3.05) is 30.3 Å². The second-order valence-corrected chi connectivity index (χ2v) is 8.15. The Morgan fingerprint density at radius 1 is 1.24 bits per heavy atom. The zero-order valence-electron chi connectivity index (χ0n) is 17.7. The molecule has 1 fully saturated rings. The highest BCUT2D eigenvalue weighted by molar-refractivity contribution is 6.00. The van der Waals surface area contributed by atoms with Crippen molar-refractivity contribution in [3.05, 3.63) is 42.1 Å². The van der Waals surface area contributed by atoms with Gasteiger partial charge in [0.15, 0.2) is 5.82 Å². The summed E-state index contributed by atoms with van der Waals surface area (Å²) in [6, 6.07) is 6.72. The monoisotopic (exact) mass is 473 g/mol. The number of nitrogens with zero attached hydrogens (tertiary/aromatic N) is 3. The van der Waals surface area contributed by atoms with Gasteiger partial charge >= 0.3 is 12.1 Å². The number of hydrogen-bond acceptors (Lipinski definition) is 6. The van der Waals surface area contributed by atoms with Gasteiger partial charge in [-0.05, 0) is 6.07 Å². The molecule has 0 radical (unpaired) electrons. The summed E-state index contributed by atoms with van der Waals surface area (Å²) in [5, 5.41) is 25.5. The quantitative estimate of drug-likeness (QED) is 0.395. The van der Waals surface area contributed by atoms with Crippen LogP contribution in [0.2, 0.25) is 0 Å². The molecule has 0 bridgehead atoms. The van der Waals surface area contributed by atoms with Crippen molar-refractivity contribution in [3.8, 4) is 5.75 Å². The molecule has 1 aromatic carbocycles. The number of benzene rings is 1. The Hall–Kier alpha value is -4.00. The number of rotatable bonds is 3. The van der Waals surface area contributed by atoms with Gasteiger partial charge in [-0.3, -0.25) is 15.7 Å². The lowest BCUT2D eigenvalue weighted by Gasteiger charge is -2.38. The summed E-state index contributed by atoms with van der Waals surface area (Å²) in [4.78, 5) is 29.8. The van der Waals surface area contributed by atoms with Crippen LogP contribution in [-0.4, -0.2) is 69.0 Å². The number of carbonyl (C=O) groups excluding carboxylic acids is 2. The van der Waals surface area contributed by atoms with Gasteiger partial charge in [-0.25, -0.2) is 23.4 Å². The lowest BCUT2D eigenvalue weighted by molar-refractivity contribution is -0.107. The van der Waals surface area contributed by atoms with E-state index in [9.17, 15) is 23.5 Å². The number of halogens is 2. The summed E-state index contributed by atoms with van der Waals surface area (Å²) in [7, 11) is 0. The summed E-state index contributed by atoms with van der Waals surface area (Å²) in [5.74, 6) is -1.94. The number of ether oxygens (including phenoxy) is 1. The van der Waals surface area contributed by atoms with E-state index in [1.165, 1.54) is 12.3 Å². The standard InChI is InChI=1S/C21H21F2N7O4/c22-21(23)9-30(10-21)20(33)27-18-12-8-24-16(7-13(12)28-29-18)25-19(32)26-17-11-3-1-2-4-15(11)34-6-5-14(17)31/h1-4,7-8,14,17,31H,5-6,9-10H2,(H2,24,25,26,32)(H2,27,28,29,33)/t14-,17-/m0/s1. The number of likely N-dealkylation sites (tertiary alicyclic amines) is 1. The lowest BCUT2D eigenvalue weighted by atomic mass is 10.00. The van der Waals surface area contributed by atoms with Crippen LogP contribution in [0.25, 0.3) is 10.9 Å². The Balaban J connectivity index is 1.26. The van der Waals surface area contributed by atoms with E-state index in [2.05, 4.69) is 31.1 Å². The Bertz CT molecular complexity index is 1240. The van der Waals surface area contributed by atoms with Crippen molar-refractivity contribution in [2.45, 2.75) is 24.5 Å². The van der Waals surface area contributed by atoms with Gasteiger partial charge in [0.05, 0.1) is 42.7 Å². The fourth-order valence-corrected chi connectivity index (χ4v) is 3.91. The van der Waals surface area contributed by atoms with Crippen molar-refractivity contribution >= 4 is 34.6 Å². The average Bonchev–Trinajstić information content (AvgIpc) is 3.10. The Kier molecular flexibility index (Phi) is 5.40. The van der Waals surface area contributed by atoms with Crippen LogP contribution in [0.15, 0.2) is 36.5 Å². The van der Waals surface area contributed by atoms with Crippen molar-refractivity contribution in [3.63, 3.8) is 0 Å². The van der Waals surface area contributed by atoms with E-state index in [0.717, 1.165) is 4.90 Å². The number of para-hydroxylation sites is 1. The normalized spacial score (nSPS) is 21.0. The van der Waals surface area contributed by atoms with Crippen molar-refractivity contribution in [1.82, 2.24) is 25.4 Å². The predicted molar refractivity (Wildman–Crippen MR) is 117 cm³/mol. The van der Waals surface area contributed by atoms with E-state index < -0.39 is 43.2 Å². The molecule has 5 N–H and O–H groups in total. The van der Waals surface area contributed by atoms with Gasteiger partial charge < -0.3 is 20.1 Å². The number of anilines is 2.